The first-order chi connectivity index (χ1) is 12.1. The van der Waals surface area contributed by atoms with Crippen LogP contribution in [-0.4, -0.2) is 10.9 Å². The van der Waals surface area contributed by atoms with Gasteiger partial charge in [-0.2, -0.15) is 0 Å². The summed E-state index contributed by atoms with van der Waals surface area (Å²) in [6, 6.07) is 16.1. The predicted octanol–water partition coefficient (Wildman–Crippen LogP) is 4.78. The molecule has 3 nitrogen and oxygen atoms in total. The maximum absolute atomic E-state index is 12.7. The third kappa shape index (κ3) is 3.07. The summed E-state index contributed by atoms with van der Waals surface area (Å²) in [5.41, 5.74) is 5.75. The molecule has 0 radical (unpaired) electrons. The van der Waals surface area contributed by atoms with Gasteiger partial charge in [0.1, 0.15) is 0 Å². The third-order valence-electron chi connectivity index (χ3n) is 5.34. The Bertz CT molecular complexity index is 910. The highest BCUT2D eigenvalue weighted by molar-refractivity contribution is 5.99. The fraction of sp³-hybridized carbons (Fsp3) is 0.318. The van der Waals surface area contributed by atoms with Crippen LogP contribution in [0.5, 0.6) is 0 Å². The van der Waals surface area contributed by atoms with Crippen LogP contribution in [-0.2, 0) is 12.8 Å². The normalized spacial score (nSPS) is 17.9. The molecule has 0 fully saturated rings. The van der Waals surface area contributed by atoms with Crippen molar-refractivity contribution in [2.75, 3.05) is 0 Å². The van der Waals surface area contributed by atoms with Crippen molar-refractivity contribution < 1.29 is 4.79 Å². The predicted molar refractivity (Wildman–Crippen MR) is 102 cm³/mol. The number of H-pyrrole nitrogens is 1. The number of rotatable bonds is 3. The van der Waals surface area contributed by atoms with Crippen molar-refractivity contribution in [3.63, 3.8) is 0 Å². The summed E-state index contributed by atoms with van der Waals surface area (Å²) in [7, 11) is 0. The summed E-state index contributed by atoms with van der Waals surface area (Å²) in [6.45, 7) is 4.32. The number of carbonyl (C=O) groups excluding carboxylic acids is 1. The molecule has 2 N–H and O–H groups in total. The van der Waals surface area contributed by atoms with Gasteiger partial charge in [-0.25, -0.2) is 0 Å². The number of aryl methyl sites for hydroxylation is 1. The number of aromatic amines is 1. The Hall–Kier alpha value is -2.55. The largest absolute Gasteiger partial charge is 0.358 e. The van der Waals surface area contributed by atoms with Gasteiger partial charge in [0.25, 0.3) is 5.91 Å². The molecule has 4 rings (SSSR count). The van der Waals surface area contributed by atoms with E-state index >= 15 is 0 Å². The van der Waals surface area contributed by atoms with Crippen LogP contribution in [0.25, 0.3) is 10.9 Å². The second kappa shape index (κ2) is 6.40. The van der Waals surface area contributed by atoms with E-state index in [0.717, 1.165) is 29.5 Å². The van der Waals surface area contributed by atoms with Crippen molar-refractivity contribution >= 4 is 16.8 Å². The molecule has 0 bridgehead atoms. The molecule has 0 saturated heterocycles. The number of amides is 1. The van der Waals surface area contributed by atoms with Crippen molar-refractivity contribution in [1.82, 2.24) is 10.3 Å². The van der Waals surface area contributed by atoms with Gasteiger partial charge in [0, 0.05) is 22.2 Å². The zero-order valence-electron chi connectivity index (χ0n) is 14.8. The first-order valence-electron chi connectivity index (χ1n) is 9.11. The number of carbonyl (C=O) groups is 1. The molecule has 2 atom stereocenters. The quantitative estimate of drug-likeness (QED) is 0.712. The van der Waals surface area contributed by atoms with Crippen molar-refractivity contribution in [1.29, 1.82) is 0 Å². The van der Waals surface area contributed by atoms with Crippen molar-refractivity contribution in [3.8, 4) is 0 Å². The molecule has 2 unspecified atom stereocenters. The van der Waals surface area contributed by atoms with E-state index in [1.807, 2.05) is 49.4 Å². The Morgan fingerprint density at radius 2 is 2.00 bits per heavy atom. The molecule has 1 aromatic heterocycles. The van der Waals surface area contributed by atoms with Gasteiger partial charge in [-0.05, 0) is 61.4 Å². The number of fused-ring (bicyclic) bond motifs is 3. The van der Waals surface area contributed by atoms with Crippen LogP contribution in [0.15, 0.2) is 48.5 Å². The molecule has 0 aliphatic heterocycles. The Kier molecular flexibility index (Phi) is 4.08. The van der Waals surface area contributed by atoms with E-state index in [4.69, 9.17) is 0 Å². The zero-order valence-corrected chi connectivity index (χ0v) is 14.8. The van der Waals surface area contributed by atoms with Crippen molar-refractivity contribution in [2.24, 2.45) is 5.92 Å². The topological polar surface area (TPSA) is 44.9 Å². The Balaban J connectivity index is 1.61. The summed E-state index contributed by atoms with van der Waals surface area (Å²) >= 11 is 0. The number of nitrogens with one attached hydrogen (secondary N) is 2. The second-order valence-electron chi connectivity index (χ2n) is 7.30. The maximum atomic E-state index is 12.7. The van der Waals surface area contributed by atoms with Crippen LogP contribution in [0.1, 0.15) is 53.5 Å². The first-order valence-corrected chi connectivity index (χ1v) is 9.11. The molecule has 3 heteroatoms. The Morgan fingerprint density at radius 3 is 2.80 bits per heavy atom. The molecule has 0 spiro atoms. The van der Waals surface area contributed by atoms with Crippen LogP contribution in [0.4, 0.5) is 0 Å². The molecule has 3 aromatic rings. The van der Waals surface area contributed by atoms with Crippen LogP contribution in [0, 0.1) is 5.92 Å². The standard InChI is InChI=1S/C22H24N2O/c1-14-8-10-20-18(12-14)19-13-17(9-11-21(19)24-20)22(25)23-15(2)16-6-4-3-5-7-16/h3-7,9,11,13-15,24H,8,10,12H2,1-2H3,(H,23,25). The summed E-state index contributed by atoms with van der Waals surface area (Å²) < 4.78 is 0. The molecule has 0 saturated carbocycles. The first kappa shape index (κ1) is 15.9. The molecule has 1 aliphatic rings. The van der Waals surface area contributed by atoms with Gasteiger partial charge < -0.3 is 10.3 Å². The maximum Gasteiger partial charge on any atom is 0.251 e. The fourth-order valence-corrected chi connectivity index (χ4v) is 3.84. The van der Waals surface area contributed by atoms with E-state index in [-0.39, 0.29) is 11.9 Å². The summed E-state index contributed by atoms with van der Waals surface area (Å²) in [6.07, 6.45) is 3.44. The second-order valence-corrected chi connectivity index (χ2v) is 7.30. The number of hydrogen-bond donors (Lipinski definition) is 2. The van der Waals surface area contributed by atoms with Gasteiger partial charge in [0.15, 0.2) is 0 Å². The lowest BCUT2D eigenvalue weighted by Gasteiger charge is -2.18. The molecular formula is C22H24N2O. The van der Waals surface area contributed by atoms with Gasteiger partial charge >= 0.3 is 0 Å². The number of hydrogen-bond acceptors (Lipinski definition) is 1. The van der Waals surface area contributed by atoms with E-state index in [0.29, 0.717) is 5.92 Å². The third-order valence-corrected chi connectivity index (χ3v) is 5.34. The van der Waals surface area contributed by atoms with Crippen LogP contribution >= 0.6 is 0 Å². The van der Waals surface area contributed by atoms with Gasteiger partial charge in [0.05, 0.1) is 6.04 Å². The molecule has 25 heavy (non-hydrogen) atoms. The molecule has 1 heterocycles. The highest BCUT2D eigenvalue weighted by Gasteiger charge is 2.21. The lowest BCUT2D eigenvalue weighted by molar-refractivity contribution is 0.0940. The monoisotopic (exact) mass is 332 g/mol. The average Bonchev–Trinajstić information content (AvgIpc) is 2.99. The zero-order chi connectivity index (χ0) is 17.4. The minimum atomic E-state index is -0.0166. The number of benzene rings is 2. The van der Waals surface area contributed by atoms with Crippen molar-refractivity contribution in [3.05, 3.63) is 70.9 Å². The fourth-order valence-electron chi connectivity index (χ4n) is 3.84. The smallest absolute Gasteiger partial charge is 0.251 e. The molecule has 1 amide bonds. The lowest BCUT2D eigenvalue weighted by Crippen LogP contribution is -2.26. The van der Waals surface area contributed by atoms with Crippen molar-refractivity contribution in [2.45, 2.75) is 39.2 Å². The van der Waals surface area contributed by atoms with Crippen LogP contribution in [0.2, 0.25) is 0 Å². The molecular weight excluding hydrogens is 308 g/mol. The van der Waals surface area contributed by atoms with E-state index in [9.17, 15) is 4.79 Å². The van der Waals surface area contributed by atoms with Gasteiger partial charge in [-0.15, -0.1) is 0 Å². The Morgan fingerprint density at radius 1 is 1.20 bits per heavy atom. The number of aromatic nitrogens is 1. The molecule has 128 valence electrons. The van der Waals surface area contributed by atoms with Crippen LogP contribution < -0.4 is 5.32 Å². The summed E-state index contributed by atoms with van der Waals surface area (Å²) in [4.78, 5) is 16.2. The van der Waals surface area contributed by atoms with E-state index < -0.39 is 0 Å². The van der Waals surface area contributed by atoms with E-state index in [1.54, 1.807) is 0 Å². The molecule has 1 aliphatic carbocycles. The highest BCUT2D eigenvalue weighted by Crippen LogP contribution is 2.32. The highest BCUT2D eigenvalue weighted by atomic mass is 16.1. The lowest BCUT2D eigenvalue weighted by atomic mass is 9.87. The minimum Gasteiger partial charge on any atom is -0.358 e. The summed E-state index contributed by atoms with van der Waals surface area (Å²) in [5, 5.41) is 4.32. The van der Waals surface area contributed by atoms with Crippen LogP contribution in [0.3, 0.4) is 0 Å². The SMILES string of the molecule is CC1CCc2[nH]c3ccc(C(=O)NC(C)c4ccccc4)cc3c2C1. The Labute approximate surface area is 148 Å². The molecule has 2 aromatic carbocycles. The van der Waals surface area contributed by atoms with E-state index in [2.05, 4.69) is 23.3 Å². The van der Waals surface area contributed by atoms with Gasteiger partial charge in [0.2, 0.25) is 0 Å². The summed E-state index contributed by atoms with van der Waals surface area (Å²) in [5.74, 6) is 0.694. The van der Waals surface area contributed by atoms with E-state index in [1.165, 1.54) is 23.1 Å². The average molecular weight is 332 g/mol. The van der Waals surface area contributed by atoms with Gasteiger partial charge in [-0.1, -0.05) is 37.3 Å². The minimum absolute atomic E-state index is 0.00967. The van der Waals surface area contributed by atoms with Gasteiger partial charge in [-0.3, -0.25) is 4.79 Å².